The van der Waals surface area contributed by atoms with Crippen molar-refractivity contribution in [3.05, 3.63) is 53.1 Å². The lowest BCUT2D eigenvalue weighted by Crippen LogP contribution is -2.43. The lowest BCUT2D eigenvalue weighted by atomic mass is 9.91. The summed E-state index contributed by atoms with van der Waals surface area (Å²) in [6.45, 7) is 1.77. The van der Waals surface area contributed by atoms with Gasteiger partial charge in [-0.3, -0.25) is 14.2 Å². The van der Waals surface area contributed by atoms with E-state index in [1.807, 2.05) is 13.0 Å². The number of aromatic nitrogens is 5. The van der Waals surface area contributed by atoms with Crippen molar-refractivity contribution < 1.29 is 23.7 Å². The fourth-order valence-electron chi connectivity index (χ4n) is 3.81. The van der Waals surface area contributed by atoms with E-state index in [1.54, 1.807) is 35.6 Å². The highest BCUT2D eigenvalue weighted by Crippen LogP contribution is 2.37. The normalized spacial score (nSPS) is 16.9. The lowest BCUT2D eigenvalue weighted by Gasteiger charge is -2.32. The van der Waals surface area contributed by atoms with Gasteiger partial charge in [-0.15, -0.1) is 0 Å². The second-order valence-corrected chi connectivity index (χ2v) is 9.37. The first-order chi connectivity index (χ1) is 15.7. The Labute approximate surface area is 194 Å². The Morgan fingerprint density at radius 3 is 2.73 bits per heavy atom. The molecular formula is C20H22ClN6O5P. The molecule has 1 saturated heterocycles. The topological polar surface area (TPSA) is 144 Å². The van der Waals surface area contributed by atoms with Gasteiger partial charge in [0.1, 0.15) is 11.0 Å². The Morgan fingerprint density at radius 1 is 1.24 bits per heavy atom. The predicted octanol–water partition coefficient (Wildman–Crippen LogP) is 2.75. The third-order valence-electron chi connectivity index (χ3n) is 5.41. The zero-order valence-electron chi connectivity index (χ0n) is 17.7. The van der Waals surface area contributed by atoms with Crippen molar-refractivity contribution in [2.45, 2.75) is 32.9 Å². The Morgan fingerprint density at radius 2 is 2.03 bits per heavy atom. The Bertz CT molecular complexity index is 1200. The van der Waals surface area contributed by atoms with Crippen LogP contribution in [0.3, 0.4) is 0 Å². The summed E-state index contributed by atoms with van der Waals surface area (Å²) in [6.07, 6.45) is 6.77. The minimum absolute atomic E-state index is 0.107. The number of aryl methyl sites for hydroxylation is 1. The Hall–Kier alpha value is -2.69. The van der Waals surface area contributed by atoms with Crippen molar-refractivity contribution in [3.8, 4) is 11.3 Å². The summed E-state index contributed by atoms with van der Waals surface area (Å²) < 4.78 is 17.2. The van der Waals surface area contributed by atoms with Gasteiger partial charge in [-0.1, -0.05) is 17.7 Å². The number of nitrogens with zero attached hydrogens (tertiary/aromatic N) is 6. The van der Waals surface area contributed by atoms with Gasteiger partial charge in [-0.05, 0) is 43.4 Å². The minimum atomic E-state index is -4.75. The number of halogens is 1. The van der Waals surface area contributed by atoms with Crippen LogP contribution in [-0.2, 0) is 27.0 Å². The van der Waals surface area contributed by atoms with Crippen molar-refractivity contribution in [2.24, 2.45) is 5.92 Å². The molecule has 3 aromatic rings. The molecule has 1 fully saturated rings. The maximum absolute atomic E-state index is 13.4. The summed E-state index contributed by atoms with van der Waals surface area (Å²) in [5, 5.41) is 12.5. The predicted molar refractivity (Wildman–Crippen MR) is 119 cm³/mol. The highest BCUT2D eigenvalue weighted by Gasteiger charge is 2.32. The van der Waals surface area contributed by atoms with Crippen LogP contribution in [0.5, 0.6) is 0 Å². The van der Waals surface area contributed by atoms with E-state index >= 15 is 0 Å². The first-order valence-corrected chi connectivity index (χ1v) is 12.1. The first-order valence-electron chi connectivity index (χ1n) is 10.2. The van der Waals surface area contributed by atoms with Crippen LogP contribution >= 0.6 is 19.4 Å². The Balaban J connectivity index is 1.65. The molecule has 13 heteroatoms. The largest absolute Gasteiger partial charge is 0.471 e. The van der Waals surface area contributed by atoms with Crippen LogP contribution < -0.4 is 4.90 Å². The number of phosphoric ester groups is 1. The number of piperidine rings is 1. The molecule has 11 nitrogen and oxygen atoms in total. The van der Waals surface area contributed by atoms with Gasteiger partial charge in [0, 0.05) is 30.3 Å². The van der Waals surface area contributed by atoms with Gasteiger partial charge in [-0.2, -0.15) is 15.3 Å². The summed E-state index contributed by atoms with van der Waals surface area (Å²) in [4.78, 5) is 37.4. The molecule has 1 unspecified atom stereocenters. The number of pyridine rings is 1. The first kappa shape index (κ1) is 23.5. The zero-order valence-corrected chi connectivity index (χ0v) is 19.4. The van der Waals surface area contributed by atoms with Crippen molar-refractivity contribution >= 4 is 31.1 Å². The highest BCUT2D eigenvalue weighted by atomic mass is 35.5. The van der Waals surface area contributed by atoms with Crippen LogP contribution in [0.15, 0.2) is 36.8 Å². The Kier molecular flexibility index (Phi) is 6.87. The molecule has 0 aromatic carbocycles. The summed E-state index contributed by atoms with van der Waals surface area (Å²) >= 11 is 5.86. The van der Waals surface area contributed by atoms with E-state index in [4.69, 9.17) is 21.4 Å². The van der Waals surface area contributed by atoms with Gasteiger partial charge >= 0.3 is 7.82 Å². The molecule has 3 aromatic heterocycles. The van der Waals surface area contributed by atoms with E-state index < -0.39 is 14.6 Å². The number of rotatable bonds is 7. The quantitative estimate of drug-likeness (QED) is 0.375. The maximum Gasteiger partial charge on any atom is 0.471 e. The number of carbonyl (C=O) groups excluding carboxylic acids is 1. The minimum Gasteiger partial charge on any atom is -0.303 e. The standard InChI is InChI=1S/C20H22ClN6O5P/c1-13-9-23-24-11-16(13)17-8-19(27(25-17)12-32-33(29,30)31)26-6-2-3-15(20(26)28)7-14-4-5-18(21)22-10-14/h4-5,8-11,15H,2-3,6-7,12H2,1H3,(H2,29,30,31). The molecule has 0 saturated carbocycles. The van der Waals surface area contributed by atoms with Gasteiger partial charge in [0.2, 0.25) is 5.91 Å². The summed E-state index contributed by atoms with van der Waals surface area (Å²) in [5.41, 5.74) is 2.89. The third kappa shape index (κ3) is 5.63. The summed E-state index contributed by atoms with van der Waals surface area (Å²) in [5.74, 6) is 0.00352. The molecular weight excluding hydrogens is 471 g/mol. The molecule has 33 heavy (non-hydrogen) atoms. The van der Waals surface area contributed by atoms with Gasteiger partial charge in [0.25, 0.3) is 0 Å². The summed E-state index contributed by atoms with van der Waals surface area (Å²) in [6, 6.07) is 5.22. The van der Waals surface area contributed by atoms with Crippen LogP contribution in [0.25, 0.3) is 11.3 Å². The van der Waals surface area contributed by atoms with Crippen molar-refractivity contribution in [1.29, 1.82) is 0 Å². The number of hydrogen-bond donors (Lipinski definition) is 2. The number of hydrogen-bond acceptors (Lipinski definition) is 7. The molecule has 174 valence electrons. The van der Waals surface area contributed by atoms with Crippen LogP contribution in [-0.4, -0.2) is 47.2 Å². The molecule has 1 aliphatic heterocycles. The van der Waals surface area contributed by atoms with Gasteiger partial charge in [0.15, 0.2) is 6.73 Å². The average molecular weight is 493 g/mol. The maximum atomic E-state index is 13.4. The fourth-order valence-corrected chi connectivity index (χ4v) is 4.18. The lowest BCUT2D eigenvalue weighted by molar-refractivity contribution is -0.123. The van der Waals surface area contributed by atoms with Crippen molar-refractivity contribution in [3.63, 3.8) is 0 Å². The number of anilines is 1. The average Bonchev–Trinajstić information content (AvgIpc) is 3.19. The molecule has 4 heterocycles. The molecule has 1 atom stereocenters. The molecule has 1 aliphatic rings. The SMILES string of the molecule is Cc1cnncc1-c1cc(N2CCCC(Cc3ccc(Cl)nc3)C2=O)n(COP(=O)(O)O)n1. The van der Waals surface area contributed by atoms with E-state index in [9.17, 15) is 9.36 Å². The van der Waals surface area contributed by atoms with Gasteiger partial charge < -0.3 is 9.79 Å². The van der Waals surface area contributed by atoms with Gasteiger partial charge in [-0.25, -0.2) is 14.2 Å². The molecule has 2 N–H and O–H groups in total. The third-order valence-corrected chi connectivity index (χ3v) is 6.08. The van der Waals surface area contributed by atoms with Crippen molar-refractivity contribution in [2.75, 3.05) is 11.4 Å². The van der Waals surface area contributed by atoms with E-state index in [1.165, 1.54) is 4.68 Å². The van der Waals surface area contributed by atoms with E-state index in [0.29, 0.717) is 41.6 Å². The summed E-state index contributed by atoms with van der Waals surface area (Å²) in [7, 11) is -4.75. The van der Waals surface area contributed by atoms with E-state index in [-0.39, 0.29) is 11.8 Å². The molecule has 0 aliphatic carbocycles. The van der Waals surface area contributed by atoms with Crippen LogP contribution in [0.2, 0.25) is 5.15 Å². The van der Waals surface area contributed by atoms with Crippen molar-refractivity contribution in [1.82, 2.24) is 25.0 Å². The molecule has 4 rings (SSSR count). The number of phosphoric acid groups is 1. The zero-order chi connectivity index (χ0) is 23.6. The second kappa shape index (κ2) is 9.66. The smallest absolute Gasteiger partial charge is 0.303 e. The number of amides is 1. The van der Waals surface area contributed by atoms with E-state index in [0.717, 1.165) is 17.5 Å². The molecule has 0 bridgehead atoms. The second-order valence-electron chi connectivity index (χ2n) is 7.74. The van der Waals surface area contributed by atoms with Crippen LogP contribution in [0.4, 0.5) is 5.82 Å². The van der Waals surface area contributed by atoms with Crippen LogP contribution in [0, 0.1) is 12.8 Å². The molecule has 0 radical (unpaired) electrons. The molecule has 1 amide bonds. The van der Waals surface area contributed by atoms with Gasteiger partial charge in [0.05, 0.1) is 18.1 Å². The highest BCUT2D eigenvalue weighted by molar-refractivity contribution is 7.46. The van der Waals surface area contributed by atoms with Crippen LogP contribution in [0.1, 0.15) is 24.0 Å². The molecule has 0 spiro atoms. The monoisotopic (exact) mass is 492 g/mol. The van der Waals surface area contributed by atoms with E-state index in [2.05, 4.69) is 24.8 Å². The number of carbonyl (C=O) groups is 1. The fraction of sp³-hybridized carbons (Fsp3) is 0.350.